The van der Waals surface area contributed by atoms with Crippen LogP contribution in [0.1, 0.15) is 5.56 Å². The van der Waals surface area contributed by atoms with Gasteiger partial charge in [-0.3, -0.25) is 0 Å². The maximum atomic E-state index is 11.2. The Morgan fingerprint density at radius 1 is 1.31 bits per heavy atom. The van der Waals surface area contributed by atoms with Crippen LogP contribution >= 0.6 is 0 Å². The highest BCUT2D eigenvalue weighted by Gasteiger charge is 2.07. The Kier molecular flexibility index (Phi) is 4.72. The molecule has 0 aliphatic carbocycles. The third kappa shape index (κ3) is 3.91. The first-order chi connectivity index (χ1) is 7.76. The van der Waals surface area contributed by atoms with E-state index in [1.165, 1.54) is 0 Å². The molecule has 0 aliphatic heterocycles. The molecule has 84 valence electrons. The van der Waals surface area contributed by atoms with Gasteiger partial charge < -0.3 is 20.9 Å². The molecule has 0 bridgehead atoms. The highest BCUT2D eigenvalue weighted by molar-refractivity contribution is 5.89. The van der Waals surface area contributed by atoms with Crippen LogP contribution in [0.15, 0.2) is 30.3 Å². The average Bonchev–Trinajstić information content (AvgIpc) is 2.34. The predicted octanol–water partition coefficient (Wildman–Crippen LogP) is 1.58. The van der Waals surface area contributed by atoms with E-state index >= 15 is 0 Å². The summed E-state index contributed by atoms with van der Waals surface area (Å²) in [5.74, 6) is 0. The largest absolute Gasteiger partial charge is 0.445 e. The second-order valence-corrected chi connectivity index (χ2v) is 3.07. The topological polar surface area (TPSA) is 86.0 Å². The van der Waals surface area contributed by atoms with Crippen molar-refractivity contribution in [3.63, 3.8) is 0 Å². The van der Waals surface area contributed by atoms with E-state index in [-0.39, 0.29) is 6.61 Å². The van der Waals surface area contributed by atoms with Crippen LogP contribution in [0.5, 0.6) is 0 Å². The Bertz CT molecular complexity index is 357. The summed E-state index contributed by atoms with van der Waals surface area (Å²) < 4.78 is 4.91. The summed E-state index contributed by atoms with van der Waals surface area (Å²) in [7, 11) is 0. The Morgan fingerprint density at radius 2 is 1.94 bits per heavy atom. The molecule has 1 amide bonds. The van der Waals surface area contributed by atoms with E-state index in [4.69, 9.17) is 15.6 Å². The van der Waals surface area contributed by atoms with E-state index in [0.29, 0.717) is 0 Å². The number of benzene rings is 1. The summed E-state index contributed by atoms with van der Waals surface area (Å²) in [5, 5.41) is 16.1. The molecule has 0 spiro atoms. The van der Waals surface area contributed by atoms with Gasteiger partial charge >= 0.3 is 6.09 Å². The number of carbonyl (C=O) groups excluding carboxylic acids is 1. The minimum atomic E-state index is -0.705. The van der Waals surface area contributed by atoms with Crippen LogP contribution in [0.2, 0.25) is 0 Å². The molecule has 5 nitrogen and oxygen atoms in total. The van der Waals surface area contributed by atoms with Gasteiger partial charge in [0.2, 0.25) is 0 Å². The fourth-order valence-electron chi connectivity index (χ4n) is 1.03. The zero-order chi connectivity index (χ0) is 11.8. The second kappa shape index (κ2) is 6.34. The number of ether oxygens (including phenoxy) is 1. The van der Waals surface area contributed by atoms with Crippen molar-refractivity contribution in [3.05, 3.63) is 35.9 Å². The summed E-state index contributed by atoms with van der Waals surface area (Å²) in [6.45, 7) is 0.176. The molecule has 0 heterocycles. The van der Waals surface area contributed by atoms with Crippen molar-refractivity contribution in [3.8, 4) is 0 Å². The SMILES string of the molecule is N=CC(C=N)NC(=O)OCc1ccccc1. The second-order valence-electron chi connectivity index (χ2n) is 3.07. The zero-order valence-corrected chi connectivity index (χ0v) is 8.64. The molecule has 0 fully saturated rings. The minimum Gasteiger partial charge on any atom is -0.445 e. The van der Waals surface area contributed by atoms with Gasteiger partial charge in [-0.1, -0.05) is 30.3 Å². The monoisotopic (exact) mass is 219 g/mol. The molecule has 1 aromatic rings. The van der Waals surface area contributed by atoms with E-state index in [9.17, 15) is 4.79 Å². The summed E-state index contributed by atoms with van der Waals surface area (Å²) >= 11 is 0. The van der Waals surface area contributed by atoms with Crippen LogP contribution in [0, 0.1) is 10.8 Å². The van der Waals surface area contributed by atoms with Crippen LogP contribution < -0.4 is 5.32 Å². The van der Waals surface area contributed by atoms with Crippen molar-refractivity contribution < 1.29 is 9.53 Å². The molecule has 0 aliphatic rings. The number of amides is 1. The minimum absolute atomic E-state index is 0.176. The van der Waals surface area contributed by atoms with Crippen LogP contribution in [0.25, 0.3) is 0 Å². The number of nitrogens with one attached hydrogen (secondary N) is 3. The molecule has 0 saturated carbocycles. The van der Waals surface area contributed by atoms with Gasteiger partial charge in [-0.15, -0.1) is 0 Å². The summed E-state index contributed by atoms with van der Waals surface area (Å²) in [5.41, 5.74) is 0.888. The number of rotatable bonds is 5. The number of alkyl carbamates (subject to hydrolysis) is 1. The lowest BCUT2D eigenvalue weighted by molar-refractivity contribution is 0.140. The molecule has 0 atom stereocenters. The van der Waals surface area contributed by atoms with Crippen LogP contribution in [0.3, 0.4) is 0 Å². The molecule has 0 saturated heterocycles. The first-order valence-corrected chi connectivity index (χ1v) is 4.74. The van der Waals surface area contributed by atoms with Gasteiger partial charge in [0.1, 0.15) is 12.6 Å². The van der Waals surface area contributed by atoms with Gasteiger partial charge in [0.15, 0.2) is 0 Å². The van der Waals surface area contributed by atoms with Crippen molar-refractivity contribution >= 4 is 18.5 Å². The van der Waals surface area contributed by atoms with E-state index in [2.05, 4.69) is 5.32 Å². The van der Waals surface area contributed by atoms with E-state index < -0.39 is 12.1 Å². The quantitative estimate of drug-likeness (QED) is 0.656. The number of hydrogen-bond acceptors (Lipinski definition) is 4. The fraction of sp³-hybridized carbons (Fsp3) is 0.182. The lowest BCUT2D eigenvalue weighted by Crippen LogP contribution is -2.37. The Morgan fingerprint density at radius 3 is 2.50 bits per heavy atom. The third-order valence-electron chi connectivity index (χ3n) is 1.86. The zero-order valence-electron chi connectivity index (χ0n) is 8.64. The standard InChI is InChI=1S/C11H13N3O2/c12-6-10(7-13)14-11(15)16-8-9-4-2-1-3-5-9/h1-7,10,12-13H,8H2,(H,14,15). The molecule has 5 heteroatoms. The smallest absolute Gasteiger partial charge is 0.408 e. The van der Waals surface area contributed by atoms with Crippen molar-refractivity contribution in [1.82, 2.24) is 5.32 Å². The lowest BCUT2D eigenvalue weighted by atomic mass is 10.2. The molecule has 1 aromatic carbocycles. The first-order valence-electron chi connectivity index (χ1n) is 4.74. The van der Waals surface area contributed by atoms with Gasteiger partial charge in [0, 0.05) is 12.4 Å². The van der Waals surface area contributed by atoms with E-state index in [1.807, 2.05) is 30.3 Å². The van der Waals surface area contributed by atoms with Gasteiger partial charge in [0.25, 0.3) is 0 Å². The van der Waals surface area contributed by atoms with E-state index in [0.717, 1.165) is 18.0 Å². The van der Waals surface area contributed by atoms with E-state index in [1.54, 1.807) is 0 Å². The molecule has 0 radical (unpaired) electrons. The maximum Gasteiger partial charge on any atom is 0.408 e. The highest BCUT2D eigenvalue weighted by atomic mass is 16.5. The van der Waals surface area contributed by atoms with Crippen molar-refractivity contribution in [2.45, 2.75) is 12.6 Å². The van der Waals surface area contributed by atoms with Crippen molar-refractivity contribution in [2.75, 3.05) is 0 Å². The van der Waals surface area contributed by atoms with Crippen LogP contribution in [0.4, 0.5) is 4.79 Å². The molecular weight excluding hydrogens is 206 g/mol. The molecule has 0 aromatic heterocycles. The molecule has 3 N–H and O–H groups in total. The van der Waals surface area contributed by atoms with Crippen LogP contribution in [-0.2, 0) is 11.3 Å². The molecular formula is C11H13N3O2. The van der Waals surface area contributed by atoms with Gasteiger partial charge in [-0.05, 0) is 5.56 Å². The van der Waals surface area contributed by atoms with Gasteiger partial charge in [-0.25, -0.2) is 4.79 Å². The van der Waals surface area contributed by atoms with Crippen LogP contribution in [-0.4, -0.2) is 24.6 Å². The summed E-state index contributed by atoms with van der Waals surface area (Å²) in [4.78, 5) is 11.2. The van der Waals surface area contributed by atoms with Crippen molar-refractivity contribution in [2.24, 2.45) is 0 Å². The first kappa shape index (κ1) is 11.9. The van der Waals surface area contributed by atoms with Gasteiger partial charge in [-0.2, -0.15) is 0 Å². The lowest BCUT2D eigenvalue weighted by Gasteiger charge is -2.09. The Hall–Kier alpha value is -2.17. The normalized spacial score (nSPS) is 11.2. The maximum absolute atomic E-state index is 11.2. The number of carbonyl (C=O) groups is 1. The summed E-state index contributed by atoms with van der Waals surface area (Å²) in [6.07, 6.45) is 1.27. The average molecular weight is 219 g/mol. The summed E-state index contributed by atoms with van der Waals surface area (Å²) in [6, 6.07) is 8.58. The predicted molar refractivity (Wildman–Crippen MR) is 61.1 cm³/mol. The Labute approximate surface area is 93.5 Å². The van der Waals surface area contributed by atoms with Crippen molar-refractivity contribution in [1.29, 1.82) is 10.8 Å². The Balaban J connectivity index is 2.36. The van der Waals surface area contributed by atoms with Gasteiger partial charge in [0.05, 0.1) is 0 Å². The third-order valence-corrected chi connectivity index (χ3v) is 1.86. The fourth-order valence-corrected chi connectivity index (χ4v) is 1.03. The number of hydrogen-bond donors (Lipinski definition) is 3. The molecule has 16 heavy (non-hydrogen) atoms. The molecule has 1 rings (SSSR count). The molecule has 0 unspecified atom stereocenters. The highest BCUT2D eigenvalue weighted by Crippen LogP contribution is 2.00.